The van der Waals surface area contributed by atoms with Gasteiger partial charge in [-0.05, 0) is 6.92 Å². The normalized spacial score (nSPS) is 9.45. The predicted octanol–water partition coefficient (Wildman–Crippen LogP) is 2.28. The molecule has 0 aromatic heterocycles. The highest BCUT2D eigenvalue weighted by molar-refractivity contribution is 5.87. The van der Waals surface area contributed by atoms with Crippen LogP contribution in [0.4, 0.5) is 0 Å². The molecule has 0 aromatic rings. The Morgan fingerprint density at radius 1 is 1.36 bits per heavy atom. The Morgan fingerprint density at radius 3 is 2.09 bits per heavy atom. The summed E-state index contributed by atoms with van der Waals surface area (Å²) in [6.07, 6.45) is 0. The first kappa shape index (κ1) is 9.95. The van der Waals surface area contributed by atoms with Gasteiger partial charge in [0, 0.05) is 11.5 Å². The third-order valence-corrected chi connectivity index (χ3v) is 1.22. The number of esters is 1. The molecule has 0 aliphatic rings. The summed E-state index contributed by atoms with van der Waals surface area (Å²) in [5.41, 5.74) is 0.395. The molecule has 0 spiro atoms. The molecule has 0 unspecified atom stereocenters. The van der Waals surface area contributed by atoms with E-state index in [-0.39, 0.29) is 5.92 Å². The maximum atomic E-state index is 10.9. The number of ether oxygens (including phenoxy) is 1. The van der Waals surface area contributed by atoms with Gasteiger partial charge in [-0.3, -0.25) is 0 Å². The van der Waals surface area contributed by atoms with Crippen molar-refractivity contribution in [2.24, 2.45) is 5.92 Å². The van der Waals surface area contributed by atoms with Gasteiger partial charge in [-0.25, -0.2) is 4.79 Å². The largest absolute Gasteiger partial charge is 0.428 e. The van der Waals surface area contributed by atoms with E-state index in [1.807, 2.05) is 13.8 Å². The molecule has 62 valence electrons. The van der Waals surface area contributed by atoms with Gasteiger partial charge < -0.3 is 4.74 Å². The summed E-state index contributed by atoms with van der Waals surface area (Å²) < 4.78 is 4.84. The smallest absolute Gasteiger partial charge is 0.338 e. The highest BCUT2D eigenvalue weighted by Gasteiger charge is 2.08. The van der Waals surface area contributed by atoms with Crippen molar-refractivity contribution in [1.29, 1.82) is 0 Å². The molecule has 0 heterocycles. The van der Waals surface area contributed by atoms with Crippen LogP contribution in [0.5, 0.6) is 0 Å². The SMILES string of the molecule is C=C(C)C(=O)OC(=C)C(C)C. The van der Waals surface area contributed by atoms with Crippen LogP contribution in [0.3, 0.4) is 0 Å². The van der Waals surface area contributed by atoms with E-state index in [0.717, 1.165) is 0 Å². The minimum absolute atomic E-state index is 0.165. The second kappa shape index (κ2) is 3.96. The zero-order chi connectivity index (χ0) is 9.02. The van der Waals surface area contributed by atoms with Gasteiger partial charge in [0.1, 0.15) is 5.76 Å². The molecule has 0 bridgehead atoms. The monoisotopic (exact) mass is 154 g/mol. The highest BCUT2D eigenvalue weighted by Crippen LogP contribution is 2.09. The van der Waals surface area contributed by atoms with Crippen molar-refractivity contribution in [2.45, 2.75) is 20.8 Å². The van der Waals surface area contributed by atoms with Crippen LogP contribution < -0.4 is 0 Å². The second-order valence-electron chi connectivity index (χ2n) is 2.79. The van der Waals surface area contributed by atoms with Crippen molar-refractivity contribution in [3.05, 3.63) is 24.5 Å². The van der Waals surface area contributed by atoms with E-state index in [2.05, 4.69) is 13.2 Å². The topological polar surface area (TPSA) is 26.3 Å². The molecule has 0 saturated carbocycles. The summed E-state index contributed by atoms with van der Waals surface area (Å²) in [7, 11) is 0. The highest BCUT2D eigenvalue weighted by atomic mass is 16.5. The number of hydrogen-bond donors (Lipinski definition) is 0. The van der Waals surface area contributed by atoms with Crippen molar-refractivity contribution < 1.29 is 9.53 Å². The van der Waals surface area contributed by atoms with Crippen molar-refractivity contribution >= 4 is 5.97 Å². The van der Waals surface area contributed by atoms with Gasteiger partial charge in [-0.15, -0.1) is 0 Å². The van der Waals surface area contributed by atoms with Gasteiger partial charge >= 0.3 is 5.97 Å². The first-order valence-electron chi connectivity index (χ1n) is 3.51. The molecule has 0 aliphatic heterocycles. The summed E-state index contributed by atoms with van der Waals surface area (Å²) in [6.45, 7) is 12.5. The van der Waals surface area contributed by atoms with Crippen LogP contribution >= 0.6 is 0 Å². The van der Waals surface area contributed by atoms with E-state index in [0.29, 0.717) is 11.3 Å². The predicted molar refractivity (Wildman–Crippen MR) is 44.9 cm³/mol. The summed E-state index contributed by atoms with van der Waals surface area (Å²) in [5.74, 6) is 0.250. The van der Waals surface area contributed by atoms with Crippen molar-refractivity contribution in [1.82, 2.24) is 0 Å². The third kappa shape index (κ3) is 3.61. The lowest BCUT2D eigenvalue weighted by molar-refractivity contribution is -0.135. The standard InChI is InChI=1S/C9H14O2/c1-6(2)8(5)11-9(10)7(3)4/h6H,3,5H2,1-2,4H3. The molecule has 0 rings (SSSR count). The molecule has 0 N–H and O–H groups in total. The summed E-state index contributed by atoms with van der Waals surface area (Å²) in [5, 5.41) is 0. The molecule has 0 atom stereocenters. The van der Waals surface area contributed by atoms with Crippen LogP contribution in [0.2, 0.25) is 0 Å². The zero-order valence-corrected chi connectivity index (χ0v) is 7.31. The number of hydrogen-bond acceptors (Lipinski definition) is 2. The third-order valence-electron chi connectivity index (χ3n) is 1.22. The van der Waals surface area contributed by atoms with E-state index in [4.69, 9.17) is 4.74 Å². The average Bonchev–Trinajstić information content (AvgIpc) is 1.87. The molecular formula is C9H14O2. The minimum Gasteiger partial charge on any atom is -0.428 e. The molecule has 11 heavy (non-hydrogen) atoms. The number of rotatable bonds is 3. The van der Waals surface area contributed by atoms with Crippen LogP contribution in [0.25, 0.3) is 0 Å². The molecule has 0 saturated heterocycles. The fourth-order valence-electron chi connectivity index (χ4n) is 0.324. The Bertz CT molecular complexity index is 190. The Morgan fingerprint density at radius 2 is 1.82 bits per heavy atom. The van der Waals surface area contributed by atoms with Gasteiger partial charge in [-0.2, -0.15) is 0 Å². The average molecular weight is 154 g/mol. The molecule has 0 radical (unpaired) electrons. The van der Waals surface area contributed by atoms with Crippen molar-refractivity contribution in [3.63, 3.8) is 0 Å². The molecule has 0 aliphatic carbocycles. The van der Waals surface area contributed by atoms with Crippen LogP contribution in [0.15, 0.2) is 24.5 Å². The van der Waals surface area contributed by atoms with E-state index in [9.17, 15) is 4.79 Å². The fraction of sp³-hybridized carbons (Fsp3) is 0.444. The molecule has 2 heteroatoms. The lowest BCUT2D eigenvalue weighted by Crippen LogP contribution is -2.07. The van der Waals surface area contributed by atoms with E-state index in [1.54, 1.807) is 6.92 Å². The van der Waals surface area contributed by atoms with Gasteiger partial charge in [0.05, 0.1) is 0 Å². The Hall–Kier alpha value is -1.05. The maximum Gasteiger partial charge on any atom is 0.338 e. The molecule has 0 fully saturated rings. The molecule has 0 aromatic carbocycles. The van der Waals surface area contributed by atoms with E-state index >= 15 is 0 Å². The van der Waals surface area contributed by atoms with E-state index in [1.165, 1.54) is 0 Å². The Balaban J connectivity index is 3.96. The number of allylic oxidation sites excluding steroid dienone is 1. The van der Waals surface area contributed by atoms with Crippen molar-refractivity contribution in [2.75, 3.05) is 0 Å². The van der Waals surface area contributed by atoms with Gasteiger partial charge in [-0.1, -0.05) is 27.0 Å². The lowest BCUT2D eigenvalue weighted by atomic mass is 10.2. The fourth-order valence-corrected chi connectivity index (χ4v) is 0.324. The zero-order valence-electron chi connectivity index (χ0n) is 7.31. The van der Waals surface area contributed by atoms with Crippen molar-refractivity contribution in [3.8, 4) is 0 Å². The maximum absolute atomic E-state index is 10.9. The summed E-state index contributed by atoms with van der Waals surface area (Å²) in [6, 6.07) is 0. The van der Waals surface area contributed by atoms with Crippen LogP contribution in [-0.2, 0) is 9.53 Å². The van der Waals surface area contributed by atoms with E-state index < -0.39 is 5.97 Å². The van der Waals surface area contributed by atoms with Crippen LogP contribution in [0.1, 0.15) is 20.8 Å². The van der Waals surface area contributed by atoms with Gasteiger partial charge in [0.15, 0.2) is 0 Å². The van der Waals surface area contributed by atoms with Gasteiger partial charge in [0.2, 0.25) is 0 Å². The summed E-state index contributed by atoms with van der Waals surface area (Å²) in [4.78, 5) is 10.9. The first-order chi connectivity index (χ1) is 4.95. The van der Waals surface area contributed by atoms with Crippen LogP contribution in [0, 0.1) is 5.92 Å². The quantitative estimate of drug-likeness (QED) is 0.354. The minimum atomic E-state index is -0.399. The molecular weight excluding hydrogens is 140 g/mol. The number of carbonyl (C=O) groups is 1. The lowest BCUT2D eigenvalue weighted by Gasteiger charge is -2.09. The Kier molecular flexibility index (Phi) is 3.58. The first-order valence-corrected chi connectivity index (χ1v) is 3.51. The second-order valence-corrected chi connectivity index (χ2v) is 2.79. The Labute approximate surface area is 67.6 Å². The molecule has 0 amide bonds. The van der Waals surface area contributed by atoms with Gasteiger partial charge in [0.25, 0.3) is 0 Å². The van der Waals surface area contributed by atoms with Crippen LogP contribution in [-0.4, -0.2) is 5.97 Å². The number of carbonyl (C=O) groups excluding carboxylic acids is 1. The molecule has 2 nitrogen and oxygen atoms in total. The summed E-state index contributed by atoms with van der Waals surface area (Å²) >= 11 is 0.